The highest BCUT2D eigenvalue weighted by molar-refractivity contribution is 7.99. The van der Waals surface area contributed by atoms with E-state index >= 15 is 0 Å². The van der Waals surface area contributed by atoms with E-state index < -0.39 is 35.1 Å². The molecule has 0 saturated carbocycles. The van der Waals surface area contributed by atoms with Gasteiger partial charge in [0, 0.05) is 30.2 Å². The molecular formula is C20H15F6N5OS. The summed E-state index contributed by atoms with van der Waals surface area (Å²) in [6, 6.07) is 4.29. The summed E-state index contributed by atoms with van der Waals surface area (Å²) in [5.41, 5.74) is -2.95. The molecule has 1 N–H and O–H groups in total. The zero-order chi connectivity index (χ0) is 24.2. The molecule has 0 aliphatic carbocycles. The Bertz CT molecular complexity index is 1110. The number of anilines is 1. The van der Waals surface area contributed by atoms with Crippen LogP contribution in [0.5, 0.6) is 0 Å². The van der Waals surface area contributed by atoms with Crippen LogP contribution in [0.1, 0.15) is 11.1 Å². The second-order valence-electron chi connectivity index (χ2n) is 6.57. The Hall–Kier alpha value is -3.35. The second kappa shape index (κ2) is 9.65. The standard InChI is InChI=1S/C20H15F6N5OS/c1-2-7-31-17(12-3-5-27-6-4-12)29-30-18(31)33-11-16(32)28-15-9-13(19(21,22)23)8-14(10-15)20(24,25)26/h2-6,8-10H,1,7,11H2,(H,28,32). The number of carbonyl (C=O) groups is 1. The van der Waals surface area contributed by atoms with Crippen LogP contribution in [-0.4, -0.2) is 31.4 Å². The number of alkyl halides is 6. The summed E-state index contributed by atoms with van der Waals surface area (Å²) in [6.07, 6.45) is -5.32. The second-order valence-corrected chi connectivity index (χ2v) is 7.52. The number of benzene rings is 1. The van der Waals surface area contributed by atoms with E-state index in [4.69, 9.17) is 0 Å². The maximum absolute atomic E-state index is 13.0. The van der Waals surface area contributed by atoms with Crippen LogP contribution in [0.25, 0.3) is 11.4 Å². The van der Waals surface area contributed by atoms with Crippen LogP contribution < -0.4 is 5.32 Å². The Morgan fingerprint density at radius 2 is 1.64 bits per heavy atom. The van der Waals surface area contributed by atoms with Crippen LogP contribution in [0.3, 0.4) is 0 Å². The van der Waals surface area contributed by atoms with Gasteiger partial charge in [-0.25, -0.2) is 0 Å². The maximum atomic E-state index is 13.0. The normalized spacial score (nSPS) is 11.9. The summed E-state index contributed by atoms with van der Waals surface area (Å²) in [6.45, 7) is 3.96. The first kappa shape index (κ1) is 24.3. The van der Waals surface area contributed by atoms with E-state index in [1.54, 1.807) is 35.2 Å². The molecule has 3 aromatic rings. The quantitative estimate of drug-likeness (QED) is 0.278. The molecule has 33 heavy (non-hydrogen) atoms. The highest BCUT2D eigenvalue weighted by Gasteiger charge is 2.37. The molecule has 174 valence electrons. The molecule has 3 rings (SSSR count). The molecule has 0 radical (unpaired) electrons. The third kappa shape index (κ3) is 6.12. The minimum atomic E-state index is -5.01. The van der Waals surface area contributed by atoms with Crippen LogP contribution in [0.2, 0.25) is 0 Å². The minimum Gasteiger partial charge on any atom is -0.325 e. The molecule has 6 nitrogen and oxygen atoms in total. The van der Waals surface area contributed by atoms with Gasteiger partial charge in [0.1, 0.15) is 0 Å². The number of pyridine rings is 1. The van der Waals surface area contributed by atoms with Gasteiger partial charge in [-0.1, -0.05) is 17.8 Å². The molecule has 2 aromatic heterocycles. The van der Waals surface area contributed by atoms with E-state index in [9.17, 15) is 31.1 Å². The molecule has 0 fully saturated rings. The van der Waals surface area contributed by atoms with Crippen molar-refractivity contribution in [3.05, 3.63) is 66.5 Å². The molecule has 2 heterocycles. The van der Waals surface area contributed by atoms with Gasteiger partial charge < -0.3 is 5.32 Å². The summed E-state index contributed by atoms with van der Waals surface area (Å²) >= 11 is 0.919. The minimum absolute atomic E-state index is 0.0111. The topological polar surface area (TPSA) is 72.7 Å². The van der Waals surface area contributed by atoms with E-state index in [-0.39, 0.29) is 11.8 Å². The number of amides is 1. The van der Waals surface area contributed by atoms with Gasteiger partial charge in [0.25, 0.3) is 0 Å². The number of carbonyl (C=O) groups excluding carboxylic acids is 1. The fraction of sp³-hybridized carbons (Fsp3) is 0.200. The van der Waals surface area contributed by atoms with Crippen molar-refractivity contribution in [3.8, 4) is 11.4 Å². The summed E-state index contributed by atoms with van der Waals surface area (Å²) < 4.78 is 79.6. The Labute approximate surface area is 187 Å². The molecule has 0 unspecified atom stereocenters. The first-order valence-corrected chi connectivity index (χ1v) is 10.1. The lowest BCUT2D eigenvalue weighted by Gasteiger charge is -2.14. The molecule has 0 saturated heterocycles. The molecule has 13 heteroatoms. The number of aromatic nitrogens is 4. The number of rotatable bonds is 7. The van der Waals surface area contributed by atoms with Gasteiger partial charge >= 0.3 is 12.4 Å². The zero-order valence-electron chi connectivity index (χ0n) is 16.6. The molecule has 1 aromatic carbocycles. The Morgan fingerprint density at radius 3 is 2.18 bits per heavy atom. The molecular weight excluding hydrogens is 472 g/mol. The van der Waals surface area contributed by atoms with Gasteiger partial charge in [-0.3, -0.25) is 14.3 Å². The first-order chi connectivity index (χ1) is 15.5. The monoisotopic (exact) mass is 487 g/mol. The number of halogens is 6. The van der Waals surface area contributed by atoms with Crippen molar-refractivity contribution >= 4 is 23.4 Å². The van der Waals surface area contributed by atoms with E-state index in [1.165, 1.54) is 0 Å². The average molecular weight is 487 g/mol. The molecule has 0 bridgehead atoms. The van der Waals surface area contributed by atoms with Crippen molar-refractivity contribution in [1.82, 2.24) is 19.7 Å². The molecule has 0 spiro atoms. The highest BCUT2D eigenvalue weighted by Crippen LogP contribution is 2.37. The van der Waals surface area contributed by atoms with E-state index in [2.05, 4.69) is 27.1 Å². The largest absolute Gasteiger partial charge is 0.416 e. The van der Waals surface area contributed by atoms with Gasteiger partial charge in [-0.15, -0.1) is 16.8 Å². The van der Waals surface area contributed by atoms with Gasteiger partial charge in [-0.2, -0.15) is 26.3 Å². The Balaban J connectivity index is 1.77. The third-order valence-corrected chi connectivity index (χ3v) is 5.14. The van der Waals surface area contributed by atoms with Crippen molar-refractivity contribution in [1.29, 1.82) is 0 Å². The number of nitrogens with one attached hydrogen (secondary N) is 1. The van der Waals surface area contributed by atoms with Gasteiger partial charge in [-0.05, 0) is 30.3 Å². The average Bonchev–Trinajstić information content (AvgIpc) is 3.14. The van der Waals surface area contributed by atoms with Crippen LogP contribution in [0, 0.1) is 0 Å². The lowest BCUT2D eigenvalue weighted by atomic mass is 10.1. The van der Waals surface area contributed by atoms with Crippen molar-refractivity contribution < 1.29 is 31.1 Å². The number of allylic oxidation sites excluding steroid dienone is 1. The number of thioether (sulfide) groups is 1. The molecule has 1 amide bonds. The lowest BCUT2D eigenvalue weighted by molar-refractivity contribution is -0.143. The van der Waals surface area contributed by atoms with Gasteiger partial charge in [0.2, 0.25) is 5.91 Å². The predicted molar refractivity (Wildman–Crippen MR) is 109 cm³/mol. The molecule has 0 aliphatic heterocycles. The summed E-state index contributed by atoms with van der Waals surface area (Å²) in [7, 11) is 0. The molecule has 0 atom stereocenters. The van der Waals surface area contributed by atoms with Crippen LogP contribution in [0.4, 0.5) is 32.0 Å². The Morgan fingerprint density at radius 1 is 1.03 bits per heavy atom. The van der Waals surface area contributed by atoms with Crippen molar-refractivity contribution in [2.24, 2.45) is 0 Å². The van der Waals surface area contributed by atoms with Crippen LogP contribution in [0.15, 0.2) is 60.5 Å². The number of hydrogen-bond donors (Lipinski definition) is 1. The first-order valence-electron chi connectivity index (χ1n) is 9.15. The van der Waals surface area contributed by atoms with Crippen LogP contribution >= 0.6 is 11.8 Å². The number of hydrogen-bond acceptors (Lipinski definition) is 5. The lowest BCUT2D eigenvalue weighted by Crippen LogP contribution is -2.17. The van der Waals surface area contributed by atoms with Crippen molar-refractivity contribution in [2.75, 3.05) is 11.1 Å². The number of nitrogens with zero attached hydrogens (tertiary/aromatic N) is 4. The summed E-state index contributed by atoms with van der Waals surface area (Å²) in [4.78, 5) is 16.2. The highest BCUT2D eigenvalue weighted by atomic mass is 32.2. The predicted octanol–water partition coefficient (Wildman–Crippen LogP) is 5.29. The third-order valence-electron chi connectivity index (χ3n) is 4.17. The van der Waals surface area contributed by atoms with Gasteiger partial charge in [0.15, 0.2) is 11.0 Å². The van der Waals surface area contributed by atoms with Crippen molar-refractivity contribution in [3.63, 3.8) is 0 Å². The van der Waals surface area contributed by atoms with E-state index in [0.29, 0.717) is 35.2 Å². The molecule has 0 aliphatic rings. The van der Waals surface area contributed by atoms with Gasteiger partial charge in [0.05, 0.1) is 16.9 Å². The fourth-order valence-corrected chi connectivity index (χ4v) is 3.51. The summed E-state index contributed by atoms with van der Waals surface area (Å²) in [5, 5.41) is 10.5. The Kier molecular flexibility index (Phi) is 7.10. The van der Waals surface area contributed by atoms with E-state index in [1.807, 2.05) is 0 Å². The van der Waals surface area contributed by atoms with Crippen LogP contribution in [-0.2, 0) is 23.7 Å². The maximum Gasteiger partial charge on any atom is 0.416 e. The zero-order valence-corrected chi connectivity index (χ0v) is 17.4. The SMILES string of the molecule is C=CCn1c(SCC(=O)Nc2cc(C(F)(F)F)cc(C(F)(F)F)c2)nnc1-c1ccncc1. The smallest absolute Gasteiger partial charge is 0.325 e. The van der Waals surface area contributed by atoms with E-state index in [0.717, 1.165) is 11.8 Å². The summed E-state index contributed by atoms with van der Waals surface area (Å²) in [5.74, 6) is -0.664. The van der Waals surface area contributed by atoms with Crippen molar-refractivity contribution in [2.45, 2.75) is 24.1 Å². The fourth-order valence-electron chi connectivity index (χ4n) is 2.76.